The molecule has 0 aliphatic carbocycles. The minimum Gasteiger partial charge on any atom is -0.382 e. The van der Waals surface area contributed by atoms with Gasteiger partial charge in [-0.05, 0) is 74.4 Å². The Balaban J connectivity index is 0.656. The van der Waals surface area contributed by atoms with Crippen LogP contribution < -0.4 is 27.1 Å². The summed E-state index contributed by atoms with van der Waals surface area (Å²) in [5, 5.41) is 24.5. The van der Waals surface area contributed by atoms with Crippen molar-refractivity contribution in [1.29, 1.82) is 0 Å². The Morgan fingerprint density at radius 2 is 1.46 bits per heavy atom. The van der Waals surface area contributed by atoms with Crippen LogP contribution in [0.1, 0.15) is 78.8 Å². The van der Waals surface area contributed by atoms with Crippen molar-refractivity contribution in [1.82, 2.24) is 49.8 Å². The van der Waals surface area contributed by atoms with Crippen LogP contribution in [0.5, 0.6) is 0 Å². The maximum absolute atomic E-state index is 14.5. The van der Waals surface area contributed by atoms with E-state index in [4.69, 9.17) is 18.9 Å². The van der Waals surface area contributed by atoms with Crippen LogP contribution in [-0.2, 0) is 52.7 Å². The number of anilines is 2. The van der Waals surface area contributed by atoms with Crippen molar-refractivity contribution in [3.05, 3.63) is 180 Å². The predicted octanol–water partition coefficient (Wildman–Crippen LogP) is 5.89. The molecular weight excluding hydrogens is 1120 g/mol. The maximum atomic E-state index is 14.5. The number of alkyl halides is 3. The number of fused-ring (bicyclic) bond motifs is 1. The van der Waals surface area contributed by atoms with Gasteiger partial charge in [0.25, 0.3) is 22.9 Å². The van der Waals surface area contributed by atoms with Crippen molar-refractivity contribution in [3.63, 3.8) is 0 Å². The van der Waals surface area contributed by atoms with Crippen molar-refractivity contribution in [2.75, 3.05) is 63.4 Å². The number of H-pyrrole nitrogens is 2. The molecule has 4 aromatic carbocycles. The molecule has 2 atom stereocenters. The Morgan fingerprint density at radius 3 is 2.19 bits per heavy atom. The summed E-state index contributed by atoms with van der Waals surface area (Å²) in [7, 11) is 0. The second-order valence-electron chi connectivity index (χ2n) is 19.5. The molecule has 5 N–H and O–H groups in total. The van der Waals surface area contributed by atoms with Crippen LogP contribution in [0, 0.1) is 13.8 Å². The van der Waals surface area contributed by atoms with E-state index in [-0.39, 0.29) is 86.5 Å². The molecule has 1 fully saturated rings. The van der Waals surface area contributed by atoms with Gasteiger partial charge in [-0.3, -0.25) is 54.0 Å². The van der Waals surface area contributed by atoms with Crippen LogP contribution in [-0.4, -0.2) is 133 Å². The van der Waals surface area contributed by atoms with Gasteiger partial charge in [0.2, 0.25) is 22.9 Å². The van der Waals surface area contributed by atoms with Gasteiger partial charge in [-0.15, -0.1) is 16.4 Å². The summed E-state index contributed by atoms with van der Waals surface area (Å²) in [6, 6.07) is 24.1. The van der Waals surface area contributed by atoms with Crippen LogP contribution in [0.2, 0.25) is 0 Å². The molecule has 5 amide bonds. The second-order valence-corrected chi connectivity index (χ2v) is 20.4. The van der Waals surface area contributed by atoms with Crippen LogP contribution in [0.15, 0.2) is 118 Å². The molecule has 23 nitrogen and oxygen atoms in total. The molecule has 0 saturated carbocycles. The number of carbonyl (C=O) groups excluding carboxylic acids is 5. The summed E-state index contributed by atoms with van der Waals surface area (Å²) in [5.41, 5.74) is 3.61. The number of nitrogens with zero attached hydrogens (tertiary/aromatic N) is 7. The normalized spacial score (nSPS) is 14.7. The summed E-state index contributed by atoms with van der Waals surface area (Å²) in [5.74, 6) is -3.64. The summed E-state index contributed by atoms with van der Waals surface area (Å²) in [6.45, 7) is 5.52. The van der Waals surface area contributed by atoms with Crippen molar-refractivity contribution >= 4 is 52.2 Å². The van der Waals surface area contributed by atoms with Crippen molar-refractivity contribution < 1.29 is 56.1 Å². The SMILES string of the molecule is Cc1[nH]n(-c2ccccc2)c(=O)c1C(c1ccc(NC(=O)COCCOCCn2cc(COCCOCCNc3cccc4c3C(=O)N(C3CCC(=O)NC3=O)C4=O)nn2)cc1)c1c(C)[nH]n(-c2nc(-c3ccc(C(F)(F)F)cc3)cs2)c1=O. The Morgan fingerprint density at radius 1 is 0.774 bits per heavy atom. The molecule has 1 saturated heterocycles. The van der Waals surface area contributed by atoms with E-state index >= 15 is 0 Å². The fourth-order valence-electron chi connectivity index (χ4n) is 9.83. The zero-order valence-corrected chi connectivity index (χ0v) is 46.0. The topological polar surface area (TPSA) is 281 Å². The zero-order chi connectivity index (χ0) is 59.1. The van der Waals surface area contributed by atoms with Gasteiger partial charge in [0.05, 0.1) is 98.2 Å². The quantitative estimate of drug-likeness (QED) is 0.0329. The van der Waals surface area contributed by atoms with E-state index in [1.54, 1.807) is 90.8 Å². The van der Waals surface area contributed by atoms with E-state index in [1.165, 1.54) is 27.6 Å². The molecule has 4 aromatic heterocycles. The first kappa shape index (κ1) is 58.1. The highest BCUT2D eigenvalue weighted by Gasteiger charge is 2.45. The largest absolute Gasteiger partial charge is 0.416 e. The maximum Gasteiger partial charge on any atom is 0.416 e. The molecule has 84 heavy (non-hydrogen) atoms. The van der Waals surface area contributed by atoms with Crippen molar-refractivity contribution in [2.45, 2.75) is 58.0 Å². The molecule has 6 heterocycles. The second kappa shape index (κ2) is 25.6. The monoisotopic (exact) mass is 1170 g/mol. The van der Waals surface area contributed by atoms with Gasteiger partial charge >= 0.3 is 6.18 Å². The molecule has 0 spiro atoms. The van der Waals surface area contributed by atoms with Gasteiger partial charge in [0.15, 0.2) is 0 Å². The Bertz CT molecular complexity index is 3830. The number of para-hydroxylation sites is 1. The van der Waals surface area contributed by atoms with E-state index in [0.29, 0.717) is 76.2 Å². The third-order valence-electron chi connectivity index (χ3n) is 13.9. The van der Waals surface area contributed by atoms with E-state index in [9.17, 15) is 46.7 Å². The number of nitrogens with one attached hydrogen (secondary N) is 5. The summed E-state index contributed by atoms with van der Waals surface area (Å²) in [4.78, 5) is 97.8. The molecular formula is C57H55F3N12O11S. The molecule has 0 radical (unpaired) electrons. The fourth-order valence-corrected chi connectivity index (χ4v) is 10.6. The van der Waals surface area contributed by atoms with Gasteiger partial charge in [-0.25, -0.2) is 14.3 Å². The molecule has 27 heteroatoms. The Hall–Kier alpha value is -9.15. The number of imide groups is 2. The number of rotatable bonds is 25. The van der Waals surface area contributed by atoms with E-state index in [1.807, 2.05) is 6.07 Å². The molecule has 2 aliphatic heterocycles. The van der Waals surface area contributed by atoms with Crippen LogP contribution in [0.3, 0.4) is 0 Å². The summed E-state index contributed by atoms with van der Waals surface area (Å²) >= 11 is 1.12. The first-order chi connectivity index (χ1) is 40.5. The smallest absolute Gasteiger partial charge is 0.382 e. The number of aromatic nitrogens is 8. The number of carbonyl (C=O) groups is 5. The van der Waals surface area contributed by atoms with E-state index in [0.717, 1.165) is 28.4 Å². The average molecular weight is 1170 g/mol. The first-order valence-corrected chi connectivity index (χ1v) is 27.4. The van der Waals surface area contributed by atoms with Crippen molar-refractivity contribution in [2.24, 2.45) is 0 Å². The lowest BCUT2D eigenvalue weighted by Crippen LogP contribution is -2.54. The lowest BCUT2D eigenvalue weighted by atomic mass is 9.85. The third kappa shape index (κ3) is 12.9. The highest BCUT2D eigenvalue weighted by atomic mass is 32.1. The number of piperidine rings is 1. The summed E-state index contributed by atoms with van der Waals surface area (Å²) < 4.78 is 66.6. The fraction of sp³-hybridized carbons (Fsp3) is 0.298. The minimum atomic E-state index is -4.50. The van der Waals surface area contributed by atoms with Gasteiger partial charge in [-0.1, -0.05) is 53.7 Å². The Labute approximate surface area is 479 Å². The number of thiazole rings is 1. The van der Waals surface area contributed by atoms with Crippen LogP contribution in [0.4, 0.5) is 24.5 Å². The molecule has 8 aromatic rings. The number of aromatic amines is 2. The number of hydrogen-bond acceptors (Lipinski definition) is 16. The highest BCUT2D eigenvalue weighted by Crippen LogP contribution is 2.36. The van der Waals surface area contributed by atoms with Gasteiger partial charge in [0, 0.05) is 52.6 Å². The van der Waals surface area contributed by atoms with Gasteiger partial charge in [-0.2, -0.15) is 17.9 Å². The lowest BCUT2D eigenvalue weighted by Gasteiger charge is -2.27. The first-order valence-electron chi connectivity index (χ1n) is 26.5. The number of benzene rings is 4. The molecule has 2 aliphatic rings. The van der Waals surface area contributed by atoms with E-state index < -0.39 is 58.8 Å². The number of ether oxygens (including phenoxy) is 4. The standard InChI is InChI=1S/C57H55F3N12O11S/c1-33-47(54(78)71(66-33)40-7-4-3-5-8-40)49(48-34(2)67-72(55(48)79)56-63-43(32-84-56)35-11-15-37(16-12-35)57(58,59)60)36-13-17-38(18-14-36)62-46(74)31-83-28-26-81-24-22-69-29-39(65-68-69)30-82-27-25-80-23-21-61-42-10-6-9-41-50(42)53(77)70(52(41)76)44-19-20-45(73)64-51(44)75/h3-18,29,32,44,49,61,66-67H,19-28,30-31H2,1-2H3,(H,62,74)(H,64,73,75). The van der Waals surface area contributed by atoms with Gasteiger partial charge in [0.1, 0.15) is 18.3 Å². The average Bonchev–Trinajstić information content (AvgIpc) is 4.02. The Kier molecular flexibility index (Phi) is 17.7. The molecule has 2 unspecified atom stereocenters. The number of amides is 5. The lowest BCUT2D eigenvalue weighted by molar-refractivity contribution is -0.138. The highest BCUT2D eigenvalue weighted by molar-refractivity contribution is 7.12. The van der Waals surface area contributed by atoms with E-state index in [2.05, 4.69) is 41.4 Å². The third-order valence-corrected chi connectivity index (χ3v) is 14.7. The molecule has 0 bridgehead atoms. The zero-order valence-electron chi connectivity index (χ0n) is 45.2. The van der Waals surface area contributed by atoms with Crippen LogP contribution >= 0.6 is 11.3 Å². The number of halogens is 3. The van der Waals surface area contributed by atoms with Gasteiger partial charge < -0.3 is 29.6 Å². The minimum absolute atomic E-state index is 0.0315. The van der Waals surface area contributed by atoms with Crippen molar-refractivity contribution in [3.8, 4) is 22.1 Å². The van der Waals surface area contributed by atoms with Crippen LogP contribution in [0.25, 0.3) is 22.1 Å². The molecule has 436 valence electrons. The number of hydrogen-bond donors (Lipinski definition) is 5. The summed E-state index contributed by atoms with van der Waals surface area (Å²) in [6.07, 6.45) is -2.67. The number of aryl methyl sites for hydroxylation is 2. The predicted molar refractivity (Wildman–Crippen MR) is 298 cm³/mol. The molecule has 10 rings (SSSR count).